The fraction of sp³-hybridized carbons (Fsp3) is 0.667. The average Bonchev–Trinajstić information content (AvgIpc) is 2.29. The van der Waals surface area contributed by atoms with Crippen molar-refractivity contribution in [3.05, 3.63) is 0 Å². The SMILES string of the molecule is O=C([O-])CC(CCCCC(CC(=O)[O-])C(=O)[O-])C(=O)[O-].[Na+].[Na+].[Na+].[Na+]. The van der Waals surface area contributed by atoms with Gasteiger partial charge in [0.2, 0.25) is 0 Å². The van der Waals surface area contributed by atoms with Gasteiger partial charge in [0.25, 0.3) is 0 Å². The molecule has 0 aromatic heterocycles. The van der Waals surface area contributed by atoms with Crippen LogP contribution >= 0.6 is 0 Å². The zero-order valence-corrected chi connectivity index (χ0v) is 22.7. The van der Waals surface area contributed by atoms with Crippen molar-refractivity contribution < 1.29 is 158 Å². The van der Waals surface area contributed by atoms with Crippen LogP contribution in [0.25, 0.3) is 0 Å². The first-order valence-electron chi connectivity index (χ1n) is 6.05. The van der Waals surface area contributed by atoms with Gasteiger partial charge in [0.15, 0.2) is 0 Å². The molecule has 0 spiro atoms. The number of hydrogen-bond acceptors (Lipinski definition) is 8. The van der Waals surface area contributed by atoms with E-state index < -0.39 is 48.6 Å². The summed E-state index contributed by atoms with van der Waals surface area (Å²) in [4.78, 5) is 41.9. The van der Waals surface area contributed by atoms with Gasteiger partial charge in [0.1, 0.15) is 0 Å². The smallest absolute Gasteiger partial charge is 0.550 e. The second kappa shape index (κ2) is 21.2. The molecule has 2 unspecified atom stereocenters. The molecule has 0 fully saturated rings. The van der Waals surface area contributed by atoms with E-state index in [4.69, 9.17) is 0 Å². The first-order chi connectivity index (χ1) is 9.23. The molecule has 0 saturated heterocycles. The second-order valence-electron chi connectivity index (χ2n) is 4.47. The average molecular weight is 378 g/mol. The van der Waals surface area contributed by atoms with Gasteiger partial charge in [0, 0.05) is 35.7 Å². The van der Waals surface area contributed by atoms with Crippen LogP contribution in [0.1, 0.15) is 38.5 Å². The van der Waals surface area contributed by atoms with E-state index in [1.165, 1.54) is 0 Å². The fourth-order valence-corrected chi connectivity index (χ4v) is 1.79. The molecule has 0 rings (SSSR count). The van der Waals surface area contributed by atoms with Gasteiger partial charge in [-0.25, -0.2) is 0 Å². The van der Waals surface area contributed by atoms with Gasteiger partial charge in [-0.05, 0) is 25.7 Å². The largest absolute Gasteiger partial charge is 1.00 e. The molecular formula is C12H14Na4O8. The molecule has 114 valence electrons. The molecule has 0 aliphatic rings. The van der Waals surface area contributed by atoms with Crippen molar-refractivity contribution in [3.8, 4) is 0 Å². The molecule has 0 bridgehead atoms. The van der Waals surface area contributed by atoms with Crippen molar-refractivity contribution in [2.45, 2.75) is 38.5 Å². The zero-order chi connectivity index (χ0) is 15.7. The maximum Gasteiger partial charge on any atom is 1.00 e. The monoisotopic (exact) mass is 378 g/mol. The number of carboxylic acid groups (broad SMARTS) is 4. The van der Waals surface area contributed by atoms with E-state index in [0.29, 0.717) is 0 Å². The summed E-state index contributed by atoms with van der Waals surface area (Å²) in [6.07, 6.45) is -0.926. The van der Waals surface area contributed by atoms with Crippen LogP contribution < -0.4 is 139 Å². The number of carboxylic acids is 4. The van der Waals surface area contributed by atoms with Crippen LogP contribution in [0, 0.1) is 11.8 Å². The van der Waals surface area contributed by atoms with Crippen molar-refractivity contribution >= 4 is 23.9 Å². The van der Waals surface area contributed by atoms with E-state index in [-0.39, 0.29) is 144 Å². The summed E-state index contributed by atoms with van der Waals surface area (Å²) in [6.45, 7) is 0. The number of unbranched alkanes of at least 4 members (excludes halogenated alkanes) is 1. The third-order valence-corrected chi connectivity index (χ3v) is 2.85. The predicted octanol–water partition coefficient (Wildman–Crippen LogP) is -16.4. The molecule has 0 aromatic carbocycles. The zero-order valence-electron chi connectivity index (χ0n) is 14.7. The van der Waals surface area contributed by atoms with Crippen LogP contribution in [0.2, 0.25) is 0 Å². The summed E-state index contributed by atoms with van der Waals surface area (Å²) in [5, 5.41) is 41.9. The Morgan fingerprint density at radius 3 is 1.00 bits per heavy atom. The molecule has 0 aliphatic heterocycles. The molecule has 12 heteroatoms. The van der Waals surface area contributed by atoms with Crippen LogP contribution in [0.5, 0.6) is 0 Å². The molecule has 0 saturated carbocycles. The van der Waals surface area contributed by atoms with E-state index in [1.54, 1.807) is 0 Å². The molecule has 0 amide bonds. The molecule has 0 aliphatic carbocycles. The van der Waals surface area contributed by atoms with Crippen LogP contribution in [-0.4, -0.2) is 23.9 Å². The molecule has 2 atom stereocenters. The Kier molecular flexibility index (Phi) is 32.4. The third kappa shape index (κ3) is 20.2. The minimum absolute atomic E-state index is 0. The summed E-state index contributed by atoms with van der Waals surface area (Å²) in [5.74, 6) is -8.46. The van der Waals surface area contributed by atoms with Crippen LogP contribution in [0.4, 0.5) is 0 Å². The number of carbonyl (C=O) groups excluding carboxylic acids is 4. The minimum Gasteiger partial charge on any atom is -0.550 e. The third-order valence-electron chi connectivity index (χ3n) is 2.85. The summed E-state index contributed by atoms with van der Waals surface area (Å²) >= 11 is 0. The topological polar surface area (TPSA) is 161 Å². The summed E-state index contributed by atoms with van der Waals surface area (Å²) in [6, 6.07) is 0. The quantitative estimate of drug-likeness (QED) is 0.253. The minimum atomic E-state index is -1.51. The summed E-state index contributed by atoms with van der Waals surface area (Å²) in [5.41, 5.74) is 0. The first kappa shape index (κ1) is 36.7. The molecular weight excluding hydrogens is 364 g/mol. The van der Waals surface area contributed by atoms with Crippen LogP contribution in [0.15, 0.2) is 0 Å². The normalized spacial score (nSPS) is 11.2. The van der Waals surface area contributed by atoms with Gasteiger partial charge in [-0.1, -0.05) is 12.8 Å². The fourth-order valence-electron chi connectivity index (χ4n) is 1.79. The van der Waals surface area contributed by atoms with Crippen molar-refractivity contribution in [3.63, 3.8) is 0 Å². The molecule has 0 heterocycles. The van der Waals surface area contributed by atoms with Gasteiger partial charge in [-0.3, -0.25) is 0 Å². The van der Waals surface area contributed by atoms with Crippen molar-refractivity contribution in [2.24, 2.45) is 11.8 Å². The molecule has 0 N–H and O–H groups in total. The number of hydrogen-bond donors (Lipinski definition) is 0. The van der Waals surface area contributed by atoms with Crippen molar-refractivity contribution in [1.82, 2.24) is 0 Å². The Morgan fingerprint density at radius 2 is 0.833 bits per heavy atom. The van der Waals surface area contributed by atoms with Crippen molar-refractivity contribution in [2.75, 3.05) is 0 Å². The van der Waals surface area contributed by atoms with Crippen LogP contribution in [0.3, 0.4) is 0 Å². The molecule has 8 nitrogen and oxygen atoms in total. The summed E-state index contributed by atoms with van der Waals surface area (Å²) < 4.78 is 0. The first-order valence-corrected chi connectivity index (χ1v) is 6.05. The Hall–Kier alpha value is 1.88. The Labute approximate surface area is 228 Å². The van der Waals surface area contributed by atoms with Gasteiger partial charge in [-0.15, -0.1) is 0 Å². The van der Waals surface area contributed by atoms with Crippen LogP contribution in [-0.2, 0) is 19.2 Å². The van der Waals surface area contributed by atoms with Gasteiger partial charge < -0.3 is 39.6 Å². The van der Waals surface area contributed by atoms with Gasteiger partial charge in [-0.2, -0.15) is 0 Å². The molecule has 0 aromatic rings. The number of rotatable bonds is 11. The van der Waals surface area contributed by atoms with E-state index in [0.717, 1.165) is 0 Å². The van der Waals surface area contributed by atoms with Gasteiger partial charge >= 0.3 is 118 Å². The maximum absolute atomic E-state index is 10.6. The molecule has 24 heavy (non-hydrogen) atoms. The summed E-state index contributed by atoms with van der Waals surface area (Å²) in [7, 11) is 0. The standard InChI is InChI=1S/C12H18O8.4Na/c13-9(14)5-7(11(17)18)3-1-2-4-8(12(19)20)6-10(15)16;;;;/h7-8H,1-6H2,(H,13,14)(H,15,16)(H,17,18)(H,19,20);;;;/q;4*+1/p-4. The van der Waals surface area contributed by atoms with Crippen molar-refractivity contribution in [1.29, 1.82) is 0 Å². The van der Waals surface area contributed by atoms with E-state index >= 15 is 0 Å². The molecule has 0 radical (unpaired) electrons. The van der Waals surface area contributed by atoms with Gasteiger partial charge in [0.05, 0.1) is 0 Å². The Balaban J connectivity index is -0.000000301. The maximum atomic E-state index is 10.6. The predicted molar refractivity (Wildman–Crippen MR) is 54.7 cm³/mol. The Morgan fingerprint density at radius 1 is 0.583 bits per heavy atom. The van der Waals surface area contributed by atoms with E-state index in [1.807, 2.05) is 0 Å². The number of carbonyl (C=O) groups is 4. The van der Waals surface area contributed by atoms with E-state index in [9.17, 15) is 39.6 Å². The number of aliphatic carboxylic acids is 4. The Bertz CT molecular complexity index is 355. The second-order valence-corrected chi connectivity index (χ2v) is 4.47. The van der Waals surface area contributed by atoms with E-state index in [2.05, 4.69) is 0 Å².